The molecule has 2 rings (SSSR count). The molecule has 0 saturated carbocycles. The minimum Gasteiger partial charge on any atom is -0.285 e. The Morgan fingerprint density at radius 3 is 1.38 bits per heavy atom. The van der Waals surface area contributed by atoms with E-state index in [1.165, 1.54) is 0 Å². The van der Waals surface area contributed by atoms with Crippen LogP contribution in [-0.4, -0.2) is 12.6 Å². The van der Waals surface area contributed by atoms with Gasteiger partial charge in [-0.2, -0.15) is 0 Å². The van der Waals surface area contributed by atoms with E-state index in [9.17, 15) is 9.59 Å². The standard InChI is InChI=1S/C14H8O2/c15-9-11-5-1-3-7-13(11)14-8-4-2-6-12(14)10-16/h1-8H. The minimum atomic E-state index is 0.449. The Morgan fingerprint density at radius 1 is 0.625 bits per heavy atom. The van der Waals surface area contributed by atoms with Crippen molar-refractivity contribution in [2.75, 3.05) is 0 Å². The lowest BCUT2D eigenvalue weighted by Crippen LogP contribution is -1.91. The first-order chi connectivity index (χ1) is 7.86. The maximum atomic E-state index is 10.8. The first-order valence-corrected chi connectivity index (χ1v) is 4.81. The molecule has 2 aromatic rings. The molecule has 0 atom stereocenters. The number of hydrogen-bond acceptors (Lipinski definition) is 2. The zero-order chi connectivity index (χ0) is 11.4. The normalized spacial score (nSPS) is 9.75. The van der Waals surface area contributed by atoms with Crippen LogP contribution >= 0.6 is 0 Å². The summed E-state index contributed by atoms with van der Waals surface area (Å²) in [5.41, 5.74) is 2.31. The molecule has 0 amide bonds. The van der Waals surface area contributed by atoms with Crippen LogP contribution in [-0.2, 0) is 9.59 Å². The molecule has 2 heteroatoms. The molecule has 0 saturated heterocycles. The highest BCUT2D eigenvalue weighted by molar-refractivity contribution is 5.94. The van der Waals surface area contributed by atoms with Crippen molar-refractivity contribution in [3.63, 3.8) is 0 Å². The quantitative estimate of drug-likeness (QED) is 0.775. The number of hydrogen-bond donors (Lipinski definition) is 0. The molecule has 2 radical (unpaired) electrons. The highest BCUT2D eigenvalue weighted by atomic mass is 16.1. The molecule has 0 aliphatic rings. The van der Waals surface area contributed by atoms with Crippen LogP contribution in [0.5, 0.6) is 0 Å². The van der Waals surface area contributed by atoms with Gasteiger partial charge in [0.05, 0.1) is 0 Å². The van der Waals surface area contributed by atoms with Crippen molar-refractivity contribution in [1.29, 1.82) is 0 Å². The van der Waals surface area contributed by atoms with Crippen molar-refractivity contribution in [3.05, 3.63) is 59.7 Å². The van der Waals surface area contributed by atoms with E-state index < -0.39 is 0 Å². The number of carbonyl (C=O) groups excluding carboxylic acids is 2. The molecule has 2 aromatic carbocycles. The summed E-state index contributed by atoms with van der Waals surface area (Å²) in [4.78, 5) is 21.6. The molecule has 0 heterocycles. The van der Waals surface area contributed by atoms with E-state index in [2.05, 4.69) is 0 Å². The second kappa shape index (κ2) is 4.53. The van der Waals surface area contributed by atoms with Gasteiger partial charge < -0.3 is 0 Å². The van der Waals surface area contributed by atoms with Gasteiger partial charge in [-0.15, -0.1) is 0 Å². The lowest BCUT2D eigenvalue weighted by Gasteiger charge is -2.06. The van der Waals surface area contributed by atoms with Gasteiger partial charge in [0, 0.05) is 11.1 Å². The Kier molecular flexibility index (Phi) is 2.92. The summed E-state index contributed by atoms with van der Waals surface area (Å²) in [6, 6.07) is 14.1. The van der Waals surface area contributed by atoms with E-state index in [-0.39, 0.29) is 0 Å². The third-order valence-corrected chi connectivity index (χ3v) is 2.36. The van der Waals surface area contributed by atoms with Gasteiger partial charge in [0.25, 0.3) is 0 Å². The molecular weight excluding hydrogens is 200 g/mol. The predicted molar refractivity (Wildman–Crippen MR) is 61.5 cm³/mol. The van der Waals surface area contributed by atoms with Gasteiger partial charge in [-0.3, -0.25) is 9.59 Å². The van der Waals surface area contributed by atoms with Crippen molar-refractivity contribution in [3.8, 4) is 11.1 Å². The molecule has 0 unspecified atom stereocenters. The lowest BCUT2D eigenvalue weighted by atomic mass is 9.96. The molecule has 0 bridgehead atoms. The molecule has 76 valence electrons. The fraction of sp³-hybridized carbons (Fsp3) is 0. The van der Waals surface area contributed by atoms with Crippen molar-refractivity contribution in [2.45, 2.75) is 0 Å². The van der Waals surface area contributed by atoms with Crippen LogP contribution in [0.15, 0.2) is 48.5 Å². The van der Waals surface area contributed by atoms with Crippen LogP contribution in [0, 0.1) is 0 Å². The first-order valence-electron chi connectivity index (χ1n) is 4.81. The highest BCUT2D eigenvalue weighted by Crippen LogP contribution is 2.24. The second-order valence-electron chi connectivity index (χ2n) is 3.30. The fourth-order valence-corrected chi connectivity index (χ4v) is 1.61. The average molecular weight is 208 g/mol. The van der Waals surface area contributed by atoms with E-state index in [0.29, 0.717) is 22.3 Å². The summed E-state index contributed by atoms with van der Waals surface area (Å²) in [6.07, 6.45) is 3.73. The van der Waals surface area contributed by atoms with Crippen molar-refractivity contribution < 1.29 is 9.59 Å². The SMILES string of the molecule is O=[C]c1ccccc1-c1ccccc1[C]=O. The second-order valence-corrected chi connectivity index (χ2v) is 3.30. The molecule has 0 N–H and O–H groups in total. The Labute approximate surface area is 93.5 Å². The average Bonchev–Trinajstić information content (AvgIpc) is 2.38. The smallest absolute Gasteiger partial charge is 0.234 e. The monoisotopic (exact) mass is 208 g/mol. The topological polar surface area (TPSA) is 34.1 Å². The van der Waals surface area contributed by atoms with Crippen LogP contribution < -0.4 is 0 Å². The van der Waals surface area contributed by atoms with Gasteiger partial charge in [0.1, 0.15) is 0 Å². The van der Waals surface area contributed by atoms with Crippen LogP contribution in [0.4, 0.5) is 0 Å². The van der Waals surface area contributed by atoms with Crippen LogP contribution in [0.25, 0.3) is 11.1 Å². The maximum absolute atomic E-state index is 10.8. The van der Waals surface area contributed by atoms with E-state index in [1.54, 1.807) is 36.4 Å². The predicted octanol–water partition coefficient (Wildman–Crippen LogP) is 2.27. The summed E-state index contributed by atoms with van der Waals surface area (Å²) < 4.78 is 0. The Hall–Kier alpha value is -2.22. The zero-order valence-electron chi connectivity index (χ0n) is 8.44. The summed E-state index contributed by atoms with van der Waals surface area (Å²) in [5, 5.41) is 0. The zero-order valence-corrected chi connectivity index (χ0v) is 8.44. The van der Waals surface area contributed by atoms with E-state index in [0.717, 1.165) is 0 Å². The van der Waals surface area contributed by atoms with E-state index in [1.807, 2.05) is 24.7 Å². The summed E-state index contributed by atoms with van der Waals surface area (Å²) in [5.74, 6) is 0. The van der Waals surface area contributed by atoms with Crippen molar-refractivity contribution in [2.24, 2.45) is 0 Å². The van der Waals surface area contributed by atoms with Gasteiger partial charge in [0.15, 0.2) is 0 Å². The molecule has 0 aromatic heterocycles. The van der Waals surface area contributed by atoms with Crippen LogP contribution in [0.3, 0.4) is 0 Å². The van der Waals surface area contributed by atoms with Gasteiger partial charge >= 0.3 is 0 Å². The highest BCUT2D eigenvalue weighted by Gasteiger charge is 2.08. The fourth-order valence-electron chi connectivity index (χ4n) is 1.61. The van der Waals surface area contributed by atoms with Crippen LogP contribution in [0.2, 0.25) is 0 Å². The Bertz CT molecular complexity index is 480. The van der Waals surface area contributed by atoms with Gasteiger partial charge in [-0.1, -0.05) is 48.5 Å². The lowest BCUT2D eigenvalue weighted by molar-refractivity contribution is 0.562. The van der Waals surface area contributed by atoms with Crippen LogP contribution in [0.1, 0.15) is 11.1 Å². The summed E-state index contributed by atoms with van der Waals surface area (Å²) in [6.45, 7) is 0. The summed E-state index contributed by atoms with van der Waals surface area (Å²) >= 11 is 0. The first kappa shape index (κ1) is 10.3. The van der Waals surface area contributed by atoms with Gasteiger partial charge in [-0.05, 0) is 11.1 Å². The van der Waals surface area contributed by atoms with Crippen molar-refractivity contribution >= 4 is 12.6 Å². The molecular formula is C14H8O2. The largest absolute Gasteiger partial charge is 0.285 e. The molecule has 0 aliphatic carbocycles. The van der Waals surface area contributed by atoms with Crippen molar-refractivity contribution in [1.82, 2.24) is 0 Å². The molecule has 0 aliphatic heterocycles. The molecule has 0 fully saturated rings. The number of benzene rings is 2. The Morgan fingerprint density at radius 2 is 1.00 bits per heavy atom. The van der Waals surface area contributed by atoms with Gasteiger partial charge in [-0.25, -0.2) is 0 Å². The summed E-state index contributed by atoms with van der Waals surface area (Å²) in [7, 11) is 0. The molecule has 2 nitrogen and oxygen atoms in total. The number of rotatable bonds is 3. The Balaban J connectivity index is 2.67. The molecule has 0 spiro atoms. The van der Waals surface area contributed by atoms with E-state index in [4.69, 9.17) is 0 Å². The third kappa shape index (κ3) is 1.77. The van der Waals surface area contributed by atoms with Gasteiger partial charge in [0.2, 0.25) is 12.6 Å². The maximum Gasteiger partial charge on any atom is 0.234 e. The third-order valence-electron chi connectivity index (χ3n) is 2.36. The van der Waals surface area contributed by atoms with E-state index >= 15 is 0 Å². The molecule has 16 heavy (non-hydrogen) atoms. The minimum absolute atomic E-state index is 0.449.